The fourth-order valence-electron chi connectivity index (χ4n) is 3.11. The molecule has 0 fully saturated rings. The van der Waals surface area contributed by atoms with Crippen LogP contribution < -0.4 is 9.47 Å². The highest BCUT2D eigenvalue weighted by Crippen LogP contribution is 2.29. The third-order valence-electron chi connectivity index (χ3n) is 4.86. The Balaban J connectivity index is 0.000000129. The van der Waals surface area contributed by atoms with E-state index in [1.54, 1.807) is 12.4 Å². The van der Waals surface area contributed by atoms with Crippen molar-refractivity contribution in [3.63, 3.8) is 0 Å². The Bertz CT molecular complexity index is 1150. The highest BCUT2D eigenvalue weighted by molar-refractivity contribution is 5.58. The van der Waals surface area contributed by atoms with Gasteiger partial charge in [0, 0.05) is 31.2 Å². The lowest BCUT2D eigenvalue weighted by atomic mass is 10.2. The lowest BCUT2D eigenvalue weighted by Gasteiger charge is -1.96. The van der Waals surface area contributed by atoms with Crippen molar-refractivity contribution in [2.75, 3.05) is 6.79 Å². The van der Waals surface area contributed by atoms with Gasteiger partial charge in [-0.1, -0.05) is 54.1 Å². The van der Waals surface area contributed by atoms with Gasteiger partial charge >= 0.3 is 0 Å². The van der Waals surface area contributed by atoms with Crippen LogP contribution >= 0.6 is 0 Å². The lowest BCUT2D eigenvalue weighted by Crippen LogP contribution is -1.93. The molecule has 0 saturated heterocycles. The summed E-state index contributed by atoms with van der Waals surface area (Å²) in [4.78, 5) is 12.2. The fraction of sp³-hybridized carbons (Fsp3) is 0.207. The van der Waals surface area contributed by atoms with E-state index >= 15 is 0 Å². The standard InChI is InChI=1S/C9H9N.C7H7NO2.C7H8.C6H7N/c1-7-5-8-3-2-4-9(8)10-6-7;1-5-2-6-7(8-3-5)10-4-9-6;1-7-5-3-2-4-6-7;1-6-3-2-4-7-5-6/h2-3,5-6H,4H2,1H3;2-3H,4H2,1H3;2-6H,1H3;2-5H,1H3. The summed E-state index contributed by atoms with van der Waals surface area (Å²) in [7, 11) is 0. The topological polar surface area (TPSA) is 57.1 Å². The molecule has 0 atom stereocenters. The van der Waals surface area contributed by atoms with Gasteiger partial charge in [-0.3, -0.25) is 9.97 Å². The van der Waals surface area contributed by atoms with Crippen molar-refractivity contribution in [1.29, 1.82) is 0 Å². The van der Waals surface area contributed by atoms with Crippen molar-refractivity contribution >= 4 is 6.08 Å². The van der Waals surface area contributed by atoms with Gasteiger partial charge in [0.2, 0.25) is 6.79 Å². The van der Waals surface area contributed by atoms with Crippen LogP contribution in [-0.2, 0) is 6.42 Å². The SMILES string of the molecule is Cc1ccccc1.Cc1cccnc1.Cc1cnc2c(c1)C=CC2.Cc1cnc2c(c1)OCO2. The van der Waals surface area contributed by atoms with Crippen molar-refractivity contribution in [2.24, 2.45) is 0 Å². The fourth-order valence-corrected chi connectivity index (χ4v) is 3.11. The summed E-state index contributed by atoms with van der Waals surface area (Å²) < 4.78 is 10.1. The summed E-state index contributed by atoms with van der Waals surface area (Å²) in [5.74, 6) is 1.35. The van der Waals surface area contributed by atoms with E-state index in [-0.39, 0.29) is 0 Å². The maximum absolute atomic E-state index is 5.09. The number of hydrogen-bond donors (Lipinski definition) is 0. The molecular weight excluding hydrogens is 422 g/mol. The summed E-state index contributed by atoms with van der Waals surface area (Å²) in [6.45, 7) is 8.44. The number of fused-ring (bicyclic) bond motifs is 2. The molecule has 4 aromatic rings. The summed E-state index contributed by atoms with van der Waals surface area (Å²) in [5, 5.41) is 0. The van der Waals surface area contributed by atoms with Gasteiger partial charge < -0.3 is 9.47 Å². The van der Waals surface area contributed by atoms with Crippen LogP contribution in [0.1, 0.15) is 33.5 Å². The van der Waals surface area contributed by atoms with E-state index in [4.69, 9.17) is 9.47 Å². The summed E-state index contributed by atoms with van der Waals surface area (Å²) in [6, 6.07) is 18.3. The highest BCUT2D eigenvalue weighted by atomic mass is 16.7. The predicted molar refractivity (Wildman–Crippen MR) is 137 cm³/mol. The Labute approximate surface area is 202 Å². The molecule has 1 aromatic carbocycles. The van der Waals surface area contributed by atoms with Crippen LogP contribution in [0, 0.1) is 27.7 Å². The molecule has 0 saturated carbocycles. The monoisotopic (exact) mass is 453 g/mol. The second-order valence-electron chi connectivity index (χ2n) is 8.06. The van der Waals surface area contributed by atoms with Crippen LogP contribution in [0.5, 0.6) is 11.6 Å². The molecule has 5 nitrogen and oxygen atoms in total. The molecule has 34 heavy (non-hydrogen) atoms. The molecule has 0 unspecified atom stereocenters. The van der Waals surface area contributed by atoms with E-state index in [9.17, 15) is 0 Å². The molecule has 4 heterocycles. The molecule has 0 N–H and O–H groups in total. The van der Waals surface area contributed by atoms with Crippen LogP contribution in [0.4, 0.5) is 0 Å². The number of rotatable bonds is 0. The molecule has 6 rings (SSSR count). The number of pyridine rings is 3. The molecule has 1 aliphatic carbocycles. The van der Waals surface area contributed by atoms with Gasteiger partial charge in [-0.2, -0.15) is 0 Å². The zero-order valence-electron chi connectivity index (χ0n) is 20.2. The third kappa shape index (κ3) is 8.17. The molecule has 5 heteroatoms. The number of aromatic nitrogens is 3. The lowest BCUT2D eigenvalue weighted by molar-refractivity contribution is 0.171. The van der Waals surface area contributed by atoms with Crippen molar-refractivity contribution in [2.45, 2.75) is 34.1 Å². The highest BCUT2D eigenvalue weighted by Gasteiger charge is 2.13. The first-order valence-corrected chi connectivity index (χ1v) is 11.2. The van der Waals surface area contributed by atoms with E-state index in [0.29, 0.717) is 12.7 Å². The van der Waals surface area contributed by atoms with Crippen molar-refractivity contribution in [3.05, 3.63) is 119 Å². The minimum absolute atomic E-state index is 0.297. The van der Waals surface area contributed by atoms with Crippen molar-refractivity contribution in [1.82, 2.24) is 15.0 Å². The number of nitrogens with zero attached hydrogens (tertiary/aromatic N) is 3. The molecule has 0 bridgehead atoms. The van der Waals surface area contributed by atoms with Gasteiger partial charge in [-0.15, -0.1) is 0 Å². The second-order valence-corrected chi connectivity index (χ2v) is 8.06. The van der Waals surface area contributed by atoms with Crippen molar-refractivity contribution < 1.29 is 9.47 Å². The molecule has 2 aliphatic rings. The Morgan fingerprint density at radius 2 is 1.44 bits per heavy atom. The summed E-state index contributed by atoms with van der Waals surface area (Å²) in [6.07, 6.45) is 12.6. The maximum Gasteiger partial charge on any atom is 0.260 e. The smallest absolute Gasteiger partial charge is 0.260 e. The average molecular weight is 454 g/mol. The Morgan fingerprint density at radius 1 is 0.706 bits per heavy atom. The van der Waals surface area contributed by atoms with Crippen LogP contribution in [0.15, 0.2) is 85.5 Å². The van der Waals surface area contributed by atoms with E-state index in [2.05, 4.69) is 59.2 Å². The minimum Gasteiger partial charge on any atom is -0.452 e. The third-order valence-corrected chi connectivity index (χ3v) is 4.86. The molecule has 1 aliphatic heterocycles. The Morgan fingerprint density at radius 3 is 2.09 bits per heavy atom. The zero-order chi connectivity index (χ0) is 24.2. The first-order valence-electron chi connectivity index (χ1n) is 11.2. The predicted octanol–water partition coefficient (Wildman–Crippen LogP) is 6.46. The van der Waals surface area contributed by atoms with Gasteiger partial charge in [0.05, 0.1) is 5.69 Å². The van der Waals surface area contributed by atoms with Crippen LogP contribution in [0.3, 0.4) is 0 Å². The average Bonchev–Trinajstić information content (AvgIpc) is 3.50. The number of benzene rings is 1. The number of allylic oxidation sites excluding steroid dienone is 1. The van der Waals surface area contributed by atoms with Crippen LogP contribution in [0.25, 0.3) is 6.08 Å². The number of hydrogen-bond acceptors (Lipinski definition) is 5. The van der Waals surface area contributed by atoms with Crippen LogP contribution in [0.2, 0.25) is 0 Å². The Kier molecular flexibility index (Phi) is 9.35. The second kappa shape index (κ2) is 12.9. The van der Waals surface area contributed by atoms with Gasteiger partial charge in [0.15, 0.2) is 5.75 Å². The molecule has 0 amide bonds. The quantitative estimate of drug-likeness (QED) is 0.306. The molecule has 3 aromatic heterocycles. The van der Waals surface area contributed by atoms with Crippen LogP contribution in [-0.4, -0.2) is 21.7 Å². The minimum atomic E-state index is 0.297. The molecule has 0 spiro atoms. The molecule has 0 radical (unpaired) electrons. The molecule has 174 valence electrons. The maximum atomic E-state index is 5.09. The van der Waals surface area contributed by atoms with E-state index in [0.717, 1.165) is 17.7 Å². The normalized spacial score (nSPS) is 11.6. The zero-order valence-corrected chi connectivity index (χ0v) is 20.2. The van der Waals surface area contributed by atoms with Gasteiger partial charge in [-0.25, -0.2) is 4.98 Å². The van der Waals surface area contributed by atoms with Gasteiger partial charge in [0.25, 0.3) is 5.88 Å². The van der Waals surface area contributed by atoms with Gasteiger partial charge in [0.1, 0.15) is 0 Å². The first-order chi connectivity index (χ1) is 16.5. The van der Waals surface area contributed by atoms with E-state index in [1.165, 1.54) is 27.9 Å². The number of aryl methyl sites for hydroxylation is 4. The number of ether oxygens (including phenoxy) is 2. The Hall–Kier alpha value is -3.99. The summed E-state index contributed by atoms with van der Waals surface area (Å²) >= 11 is 0. The molecular formula is C29H31N3O2. The first kappa shape index (κ1) is 24.6. The largest absolute Gasteiger partial charge is 0.452 e. The van der Waals surface area contributed by atoms with E-state index in [1.807, 2.05) is 62.6 Å². The van der Waals surface area contributed by atoms with Gasteiger partial charge in [-0.05, 0) is 68.1 Å². The van der Waals surface area contributed by atoms with E-state index < -0.39 is 0 Å². The summed E-state index contributed by atoms with van der Waals surface area (Å²) in [5.41, 5.74) is 7.37. The van der Waals surface area contributed by atoms with Crippen molar-refractivity contribution in [3.8, 4) is 11.6 Å².